The van der Waals surface area contributed by atoms with Crippen molar-refractivity contribution in [1.82, 2.24) is 4.57 Å². The summed E-state index contributed by atoms with van der Waals surface area (Å²) >= 11 is 3.47. The van der Waals surface area contributed by atoms with Gasteiger partial charge in [0.05, 0.1) is 5.69 Å². The number of rotatable bonds is 2. The van der Waals surface area contributed by atoms with Crippen LogP contribution >= 0.6 is 15.9 Å². The number of carbonyl (C=O) groups is 1. The van der Waals surface area contributed by atoms with Gasteiger partial charge in [-0.15, -0.1) is 0 Å². The fraction of sp³-hybridized carbons (Fsp3) is 0.214. The Labute approximate surface area is 109 Å². The van der Waals surface area contributed by atoms with E-state index in [-0.39, 0.29) is 0 Å². The molecular weight excluding hydrogens is 278 g/mol. The highest BCUT2D eigenvalue weighted by atomic mass is 79.9. The van der Waals surface area contributed by atoms with Crippen molar-refractivity contribution in [1.29, 1.82) is 0 Å². The molecule has 0 amide bonds. The second kappa shape index (κ2) is 4.49. The van der Waals surface area contributed by atoms with Crippen molar-refractivity contribution in [3.63, 3.8) is 0 Å². The van der Waals surface area contributed by atoms with E-state index in [2.05, 4.69) is 32.6 Å². The molecule has 0 aliphatic rings. The molecular formula is C14H14BrNO. The van der Waals surface area contributed by atoms with Crippen LogP contribution in [-0.2, 0) is 7.05 Å². The minimum atomic E-state index is 0.794. The van der Waals surface area contributed by atoms with Gasteiger partial charge in [-0.25, -0.2) is 0 Å². The third-order valence-corrected chi connectivity index (χ3v) is 3.70. The first-order chi connectivity index (χ1) is 8.06. The van der Waals surface area contributed by atoms with Gasteiger partial charge in [-0.2, -0.15) is 0 Å². The molecule has 0 spiro atoms. The molecule has 0 saturated heterocycles. The molecule has 0 atom stereocenters. The Morgan fingerprint density at radius 3 is 2.53 bits per heavy atom. The lowest BCUT2D eigenvalue weighted by Gasteiger charge is -2.07. The number of halogens is 1. The summed E-state index contributed by atoms with van der Waals surface area (Å²) in [6, 6.07) is 8.12. The first kappa shape index (κ1) is 12.1. The molecule has 2 nitrogen and oxygen atoms in total. The van der Waals surface area contributed by atoms with Crippen LogP contribution in [0.1, 0.15) is 21.6 Å². The zero-order chi connectivity index (χ0) is 12.6. The molecule has 0 saturated carbocycles. The summed E-state index contributed by atoms with van der Waals surface area (Å²) in [6.07, 6.45) is 0.937. The van der Waals surface area contributed by atoms with E-state index < -0.39 is 0 Å². The molecule has 0 radical (unpaired) electrons. The summed E-state index contributed by atoms with van der Waals surface area (Å²) in [6.45, 7) is 3.96. The van der Waals surface area contributed by atoms with Crippen molar-refractivity contribution >= 4 is 22.2 Å². The van der Waals surface area contributed by atoms with Gasteiger partial charge in [0.15, 0.2) is 6.29 Å². The maximum absolute atomic E-state index is 11.1. The molecule has 17 heavy (non-hydrogen) atoms. The van der Waals surface area contributed by atoms with Crippen LogP contribution in [0.4, 0.5) is 0 Å². The standard InChI is InChI=1S/C14H14BrNO/c1-9-13(8-17)10(2)16(3)14(9)11-5-4-6-12(15)7-11/h4-8H,1-3H3. The first-order valence-electron chi connectivity index (χ1n) is 5.43. The van der Waals surface area contributed by atoms with Gasteiger partial charge < -0.3 is 4.57 Å². The lowest BCUT2D eigenvalue weighted by Crippen LogP contribution is -1.95. The van der Waals surface area contributed by atoms with Gasteiger partial charge >= 0.3 is 0 Å². The molecule has 1 aromatic carbocycles. The maximum Gasteiger partial charge on any atom is 0.152 e. The molecule has 0 aliphatic heterocycles. The third kappa shape index (κ3) is 1.95. The van der Waals surface area contributed by atoms with Crippen LogP contribution in [-0.4, -0.2) is 10.9 Å². The molecule has 2 aromatic rings. The minimum Gasteiger partial charge on any atom is -0.347 e. The molecule has 1 aromatic heterocycles. The second-order valence-corrected chi connectivity index (χ2v) is 5.08. The number of aromatic nitrogens is 1. The summed E-state index contributed by atoms with van der Waals surface area (Å²) < 4.78 is 3.11. The smallest absolute Gasteiger partial charge is 0.152 e. The SMILES string of the molecule is Cc1c(C=O)c(C)n(C)c1-c1cccc(Br)c1. The van der Waals surface area contributed by atoms with E-state index in [0.29, 0.717) is 0 Å². The van der Waals surface area contributed by atoms with E-state index in [1.807, 2.05) is 33.0 Å². The van der Waals surface area contributed by atoms with Crippen LogP contribution in [0.15, 0.2) is 28.7 Å². The Morgan fingerprint density at radius 2 is 2.00 bits per heavy atom. The summed E-state index contributed by atoms with van der Waals surface area (Å²) in [7, 11) is 1.99. The average Bonchev–Trinajstić information content (AvgIpc) is 2.50. The minimum absolute atomic E-state index is 0.794. The van der Waals surface area contributed by atoms with Gasteiger partial charge in [0.1, 0.15) is 0 Å². The van der Waals surface area contributed by atoms with Crippen LogP contribution in [0.3, 0.4) is 0 Å². The molecule has 0 fully saturated rings. The van der Waals surface area contributed by atoms with Crippen molar-refractivity contribution in [2.24, 2.45) is 7.05 Å². The van der Waals surface area contributed by atoms with Gasteiger partial charge in [0.25, 0.3) is 0 Å². The summed E-state index contributed by atoms with van der Waals surface area (Å²) in [5, 5.41) is 0. The monoisotopic (exact) mass is 291 g/mol. The number of carbonyl (C=O) groups excluding carboxylic acids is 1. The van der Waals surface area contributed by atoms with Crippen LogP contribution < -0.4 is 0 Å². The van der Waals surface area contributed by atoms with Crippen LogP contribution in [0.2, 0.25) is 0 Å². The van der Waals surface area contributed by atoms with Crippen molar-refractivity contribution in [3.05, 3.63) is 45.6 Å². The Hall–Kier alpha value is -1.35. The zero-order valence-electron chi connectivity index (χ0n) is 10.1. The predicted octanol–water partition coefficient (Wildman–Crippen LogP) is 3.88. The topological polar surface area (TPSA) is 22.0 Å². The van der Waals surface area contributed by atoms with E-state index in [0.717, 1.165) is 38.8 Å². The van der Waals surface area contributed by atoms with Gasteiger partial charge in [-0.3, -0.25) is 4.79 Å². The van der Waals surface area contributed by atoms with Crippen LogP contribution in [0, 0.1) is 13.8 Å². The normalized spacial score (nSPS) is 10.6. The summed E-state index contributed by atoms with van der Waals surface area (Å²) in [4.78, 5) is 11.1. The Bertz CT molecular complexity index is 584. The lowest BCUT2D eigenvalue weighted by molar-refractivity contribution is 0.112. The summed E-state index contributed by atoms with van der Waals surface area (Å²) in [5.74, 6) is 0. The molecule has 0 bridgehead atoms. The van der Waals surface area contributed by atoms with E-state index in [4.69, 9.17) is 0 Å². The second-order valence-electron chi connectivity index (χ2n) is 4.16. The number of benzene rings is 1. The van der Waals surface area contributed by atoms with Gasteiger partial charge in [-0.1, -0.05) is 28.1 Å². The van der Waals surface area contributed by atoms with E-state index in [1.54, 1.807) is 0 Å². The first-order valence-corrected chi connectivity index (χ1v) is 6.22. The third-order valence-electron chi connectivity index (χ3n) is 3.20. The van der Waals surface area contributed by atoms with Crippen molar-refractivity contribution in [2.45, 2.75) is 13.8 Å². The van der Waals surface area contributed by atoms with Crippen molar-refractivity contribution in [3.8, 4) is 11.3 Å². The highest BCUT2D eigenvalue weighted by molar-refractivity contribution is 9.10. The predicted molar refractivity (Wildman–Crippen MR) is 73.4 cm³/mol. The quantitative estimate of drug-likeness (QED) is 0.770. The van der Waals surface area contributed by atoms with Gasteiger partial charge in [0, 0.05) is 22.8 Å². The number of hydrogen-bond donors (Lipinski definition) is 0. The Kier molecular flexibility index (Phi) is 3.20. The summed E-state index contributed by atoms with van der Waals surface area (Å²) in [5.41, 5.74) is 5.06. The Morgan fingerprint density at radius 1 is 1.29 bits per heavy atom. The highest BCUT2D eigenvalue weighted by Crippen LogP contribution is 2.30. The number of nitrogens with zero attached hydrogens (tertiary/aromatic N) is 1. The molecule has 0 N–H and O–H groups in total. The van der Waals surface area contributed by atoms with Crippen LogP contribution in [0.25, 0.3) is 11.3 Å². The number of aldehydes is 1. The molecule has 88 valence electrons. The fourth-order valence-electron chi connectivity index (χ4n) is 2.22. The van der Waals surface area contributed by atoms with Gasteiger partial charge in [0.2, 0.25) is 0 Å². The van der Waals surface area contributed by atoms with E-state index >= 15 is 0 Å². The molecule has 0 unspecified atom stereocenters. The molecule has 0 aliphatic carbocycles. The van der Waals surface area contributed by atoms with Gasteiger partial charge in [-0.05, 0) is 37.1 Å². The largest absolute Gasteiger partial charge is 0.347 e. The molecule has 2 rings (SSSR count). The van der Waals surface area contributed by atoms with E-state index in [1.165, 1.54) is 0 Å². The highest BCUT2D eigenvalue weighted by Gasteiger charge is 2.15. The number of hydrogen-bond acceptors (Lipinski definition) is 1. The lowest BCUT2D eigenvalue weighted by atomic mass is 10.1. The average molecular weight is 292 g/mol. The van der Waals surface area contributed by atoms with Crippen molar-refractivity contribution < 1.29 is 4.79 Å². The maximum atomic E-state index is 11.1. The Balaban J connectivity index is 2.72. The van der Waals surface area contributed by atoms with E-state index in [9.17, 15) is 4.79 Å². The molecule has 3 heteroatoms. The van der Waals surface area contributed by atoms with Crippen LogP contribution in [0.5, 0.6) is 0 Å². The molecule has 1 heterocycles. The zero-order valence-corrected chi connectivity index (χ0v) is 11.7. The van der Waals surface area contributed by atoms with Crippen molar-refractivity contribution in [2.75, 3.05) is 0 Å². The fourth-order valence-corrected chi connectivity index (χ4v) is 2.62.